The van der Waals surface area contributed by atoms with Gasteiger partial charge in [-0.15, -0.1) is 0 Å². The van der Waals surface area contributed by atoms with E-state index < -0.39 is 0 Å². The van der Waals surface area contributed by atoms with Gasteiger partial charge in [0.25, 0.3) is 0 Å². The molecule has 2 aliphatic rings. The molecule has 2 aliphatic heterocycles. The first-order chi connectivity index (χ1) is 9.15. The summed E-state index contributed by atoms with van der Waals surface area (Å²) in [5.41, 5.74) is 1.98. The second-order valence-electron chi connectivity index (χ2n) is 5.57. The van der Waals surface area contributed by atoms with Gasteiger partial charge in [0.15, 0.2) is 0 Å². The molecule has 0 bridgehead atoms. The highest BCUT2D eigenvalue weighted by Gasteiger charge is 2.27. The number of aromatic amines is 1. The van der Waals surface area contributed by atoms with Crippen molar-refractivity contribution in [1.29, 1.82) is 0 Å². The van der Waals surface area contributed by atoms with Gasteiger partial charge < -0.3 is 20.1 Å². The van der Waals surface area contributed by atoms with Gasteiger partial charge in [0.05, 0.1) is 0 Å². The molecule has 0 amide bonds. The summed E-state index contributed by atoms with van der Waals surface area (Å²) in [7, 11) is 4.19. The summed E-state index contributed by atoms with van der Waals surface area (Å²) >= 11 is 0. The van der Waals surface area contributed by atoms with E-state index in [2.05, 4.69) is 39.2 Å². The van der Waals surface area contributed by atoms with Gasteiger partial charge in [-0.2, -0.15) is 4.98 Å². The molecule has 1 aromatic heterocycles. The van der Waals surface area contributed by atoms with E-state index in [-0.39, 0.29) is 5.69 Å². The minimum atomic E-state index is -0.228. The summed E-state index contributed by atoms with van der Waals surface area (Å²) in [4.78, 5) is 23.3. The molecule has 6 nitrogen and oxygen atoms in total. The fourth-order valence-electron chi connectivity index (χ4n) is 3.05. The van der Waals surface area contributed by atoms with Gasteiger partial charge in [-0.25, -0.2) is 4.79 Å². The molecular weight excluding hydrogens is 242 g/mol. The number of nitrogens with one attached hydrogen (secondary N) is 2. The normalized spacial score (nSPS) is 23.4. The topological polar surface area (TPSA) is 64.3 Å². The minimum Gasteiger partial charge on any atom is -0.355 e. The second-order valence-corrected chi connectivity index (χ2v) is 5.57. The lowest BCUT2D eigenvalue weighted by molar-refractivity contribution is 0.409. The highest BCUT2D eigenvalue weighted by Crippen LogP contribution is 2.24. The number of likely N-dealkylation sites (tertiary alicyclic amines) is 1. The Balaban J connectivity index is 1.95. The van der Waals surface area contributed by atoms with E-state index in [0.29, 0.717) is 6.04 Å². The molecule has 0 radical (unpaired) electrons. The Labute approximate surface area is 112 Å². The molecule has 0 aliphatic carbocycles. The summed E-state index contributed by atoms with van der Waals surface area (Å²) in [6, 6.07) is 0.449. The monoisotopic (exact) mass is 263 g/mol. The van der Waals surface area contributed by atoms with Crippen LogP contribution in [0.25, 0.3) is 0 Å². The first-order valence-electron chi connectivity index (χ1n) is 6.89. The molecule has 3 rings (SSSR count). The van der Waals surface area contributed by atoms with Crippen molar-refractivity contribution in [3.05, 3.63) is 21.7 Å². The number of anilines is 1. The fourth-order valence-corrected chi connectivity index (χ4v) is 3.05. The molecule has 19 heavy (non-hydrogen) atoms. The van der Waals surface area contributed by atoms with E-state index in [0.717, 1.165) is 56.1 Å². The van der Waals surface area contributed by atoms with Crippen molar-refractivity contribution in [3.63, 3.8) is 0 Å². The zero-order chi connectivity index (χ0) is 13.4. The molecule has 1 atom stereocenters. The number of likely N-dealkylation sites (N-methyl/N-ethyl adjacent to an activating group) is 2. The third-order valence-electron chi connectivity index (χ3n) is 4.20. The Morgan fingerprint density at radius 2 is 2.32 bits per heavy atom. The average Bonchev–Trinajstić information content (AvgIpc) is 2.83. The van der Waals surface area contributed by atoms with Crippen LogP contribution in [-0.4, -0.2) is 54.6 Å². The Bertz CT molecular complexity index is 526. The van der Waals surface area contributed by atoms with E-state index in [1.54, 1.807) is 0 Å². The molecule has 1 aromatic rings. The zero-order valence-electron chi connectivity index (χ0n) is 11.6. The van der Waals surface area contributed by atoms with Crippen molar-refractivity contribution < 1.29 is 0 Å². The molecule has 1 unspecified atom stereocenters. The number of nitrogens with zero attached hydrogens (tertiary/aromatic N) is 3. The molecular formula is C13H21N5O. The van der Waals surface area contributed by atoms with Crippen molar-refractivity contribution in [2.24, 2.45) is 0 Å². The van der Waals surface area contributed by atoms with Crippen LogP contribution in [0.5, 0.6) is 0 Å². The van der Waals surface area contributed by atoms with E-state index in [4.69, 9.17) is 0 Å². The van der Waals surface area contributed by atoms with Crippen molar-refractivity contribution in [3.8, 4) is 0 Å². The largest absolute Gasteiger partial charge is 0.355 e. The lowest BCUT2D eigenvalue weighted by atomic mass is 10.1. The first kappa shape index (κ1) is 12.6. The number of rotatable bonds is 2. The Morgan fingerprint density at radius 3 is 3.05 bits per heavy atom. The van der Waals surface area contributed by atoms with Crippen LogP contribution in [0.3, 0.4) is 0 Å². The van der Waals surface area contributed by atoms with Gasteiger partial charge in [0, 0.05) is 50.4 Å². The number of H-pyrrole nitrogens is 1. The molecule has 0 spiro atoms. The van der Waals surface area contributed by atoms with E-state index in [9.17, 15) is 4.79 Å². The standard InChI is InChI=1S/C13H21N5O/c1-17-6-4-9(8-17)18(2)12-10-7-14-5-3-11(10)15-13(19)16-12/h9,14H,3-8H2,1-2H3,(H,15,16,19). The van der Waals surface area contributed by atoms with Crippen molar-refractivity contribution in [2.45, 2.75) is 25.4 Å². The number of fused-ring (bicyclic) bond motifs is 1. The molecule has 3 heterocycles. The Morgan fingerprint density at radius 1 is 1.47 bits per heavy atom. The van der Waals surface area contributed by atoms with Crippen LogP contribution in [0.4, 0.5) is 5.82 Å². The lowest BCUT2D eigenvalue weighted by Gasteiger charge is -2.29. The van der Waals surface area contributed by atoms with Crippen LogP contribution in [0.1, 0.15) is 17.7 Å². The zero-order valence-corrected chi connectivity index (χ0v) is 11.6. The predicted molar refractivity (Wildman–Crippen MR) is 74.6 cm³/mol. The maximum absolute atomic E-state index is 11.7. The van der Waals surface area contributed by atoms with Gasteiger partial charge in [-0.1, -0.05) is 0 Å². The van der Waals surface area contributed by atoms with Crippen LogP contribution in [-0.2, 0) is 13.0 Å². The summed E-state index contributed by atoms with van der Waals surface area (Å²) < 4.78 is 0. The quantitative estimate of drug-likeness (QED) is 0.757. The van der Waals surface area contributed by atoms with Gasteiger partial charge in [-0.05, 0) is 20.0 Å². The highest BCUT2D eigenvalue weighted by molar-refractivity contribution is 5.50. The van der Waals surface area contributed by atoms with Crippen LogP contribution < -0.4 is 15.9 Å². The molecule has 1 fully saturated rings. The SMILES string of the molecule is CN1CCC(N(C)c2nc(=O)[nH]c3c2CNCC3)C1. The van der Waals surface area contributed by atoms with Gasteiger partial charge in [-0.3, -0.25) is 0 Å². The van der Waals surface area contributed by atoms with Gasteiger partial charge in [0.2, 0.25) is 0 Å². The Kier molecular flexibility index (Phi) is 3.28. The number of hydrogen-bond donors (Lipinski definition) is 2. The highest BCUT2D eigenvalue weighted by atomic mass is 16.1. The fraction of sp³-hybridized carbons (Fsp3) is 0.692. The molecule has 0 aromatic carbocycles. The van der Waals surface area contributed by atoms with Crippen molar-refractivity contribution in [1.82, 2.24) is 20.2 Å². The molecule has 0 saturated carbocycles. The average molecular weight is 263 g/mol. The van der Waals surface area contributed by atoms with Gasteiger partial charge in [0.1, 0.15) is 5.82 Å². The third kappa shape index (κ3) is 2.37. The maximum atomic E-state index is 11.7. The molecule has 6 heteroatoms. The Hall–Kier alpha value is -1.40. The van der Waals surface area contributed by atoms with Crippen molar-refractivity contribution in [2.75, 3.05) is 38.6 Å². The minimum absolute atomic E-state index is 0.228. The summed E-state index contributed by atoms with van der Waals surface area (Å²) in [6.45, 7) is 3.86. The first-order valence-corrected chi connectivity index (χ1v) is 6.89. The predicted octanol–water partition coefficient (Wildman–Crippen LogP) is -0.444. The van der Waals surface area contributed by atoms with Crippen LogP contribution >= 0.6 is 0 Å². The van der Waals surface area contributed by atoms with E-state index >= 15 is 0 Å². The smallest absolute Gasteiger partial charge is 0.347 e. The number of aromatic nitrogens is 2. The maximum Gasteiger partial charge on any atom is 0.347 e. The van der Waals surface area contributed by atoms with Gasteiger partial charge >= 0.3 is 5.69 Å². The summed E-state index contributed by atoms with van der Waals surface area (Å²) in [5, 5.41) is 3.36. The van der Waals surface area contributed by atoms with Crippen LogP contribution in [0, 0.1) is 0 Å². The van der Waals surface area contributed by atoms with E-state index in [1.165, 1.54) is 0 Å². The van der Waals surface area contributed by atoms with E-state index in [1.807, 2.05) is 0 Å². The third-order valence-corrected chi connectivity index (χ3v) is 4.20. The second kappa shape index (κ2) is 4.94. The van der Waals surface area contributed by atoms with Crippen molar-refractivity contribution >= 4 is 5.82 Å². The lowest BCUT2D eigenvalue weighted by Crippen LogP contribution is -2.38. The van der Waals surface area contributed by atoms with Crippen LogP contribution in [0.2, 0.25) is 0 Å². The molecule has 104 valence electrons. The molecule has 1 saturated heterocycles. The summed E-state index contributed by atoms with van der Waals surface area (Å²) in [5.74, 6) is 0.853. The molecule has 2 N–H and O–H groups in total. The van der Waals surface area contributed by atoms with Crippen LogP contribution in [0.15, 0.2) is 4.79 Å². The summed E-state index contributed by atoms with van der Waals surface area (Å²) in [6.07, 6.45) is 2.00. The number of hydrogen-bond acceptors (Lipinski definition) is 5.